The van der Waals surface area contributed by atoms with Gasteiger partial charge in [0.15, 0.2) is 0 Å². The number of carbonyl (C=O) groups is 1. The van der Waals surface area contributed by atoms with Crippen molar-refractivity contribution in [3.63, 3.8) is 0 Å². The van der Waals surface area contributed by atoms with E-state index in [2.05, 4.69) is 20.6 Å². The molecule has 2 heterocycles. The van der Waals surface area contributed by atoms with Gasteiger partial charge < -0.3 is 15.6 Å². The van der Waals surface area contributed by atoms with Crippen molar-refractivity contribution in [2.45, 2.75) is 50.9 Å². The Labute approximate surface area is 194 Å². The van der Waals surface area contributed by atoms with Crippen LogP contribution in [0.25, 0.3) is 21.8 Å². The molecular weight excluding hydrogens is 441 g/mol. The van der Waals surface area contributed by atoms with Crippen LogP contribution in [0, 0.1) is 6.92 Å². The summed E-state index contributed by atoms with van der Waals surface area (Å²) in [6.45, 7) is 1.90. The first-order valence-electron chi connectivity index (χ1n) is 11.4. The van der Waals surface area contributed by atoms with Gasteiger partial charge in [-0.2, -0.15) is 13.2 Å². The Kier molecular flexibility index (Phi) is 5.67. The standard InChI is InChI=1S/C26H25F3N4O/c1-15-8-9-22-20(12-15)23(14-24(33-22)26(27,28)29)31-16-4-2-5-17(13-16)32-25(34)19-6-3-7-21-18(19)10-11-30-21/h3,6-12,14,16-17,30H,2,4-5,13H2,1H3,(H,31,33)(H,32,34)/t16-,17+/m0/s1. The molecule has 8 heteroatoms. The van der Waals surface area contributed by atoms with Crippen LogP contribution in [0.4, 0.5) is 18.9 Å². The summed E-state index contributed by atoms with van der Waals surface area (Å²) in [7, 11) is 0. The summed E-state index contributed by atoms with van der Waals surface area (Å²) < 4.78 is 40.4. The number of anilines is 1. The number of aromatic amines is 1. The van der Waals surface area contributed by atoms with Gasteiger partial charge in [-0.15, -0.1) is 0 Å². The van der Waals surface area contributed by atoms with Gasteiger partial charge in [0.2, 0.25) is 0 Å². The number of nitrogens with one attached hydrogen (secondary N) is 3. The maximum atomic E-state index is 13.5. The minimum atomic E-state index is -4.53. The Morgan fingerprint density at radius 3 is 2.71 bits per heavy atom. The highest BCUT2D eigenvalue weighted by Crippen LogP contribution is 2.35. The lowest BCUT2D eigenvalue weighted by atomic mass is 9.90. The number of aromatic nitrogens is 2. The summed E-state index contributed by atoms with van der Waals surface area (Å²) in [6, 6.07) is 13.6. The number of rotatable bonds is 4. The molecule has 1 saturated carbocycles. The number of aryl methyl sites for hydroxylation is 1. The zero-order chi connectivity index (χ0) is 23.9. The van der Waals surface area contributed by atoms with Crippen molar-refractivity contribution >= 4 is 33.4 Å². The van der Waals surface area contributed by atoms with Crippen molar-refractivity contribution in [3.05, 3.63) is 71.5 Å². The van der Waals surface area contributed by atoms with Crippen molar-refractivity contribution in [1.82, 2.24) is 15.3 Å². The smallest absolute Gasteiger partial charge is 0.382 e. The van der Waals surface area contributed by atoms with Crippen LogP contribution in [0.15, 0.2) is 54.7 Å². The molecule has 0 bridgehead atoms. The molecule has 1 aliphatic carbocycles. The Morgan fingerprint density at radius 2 is 1.88 bits per heavy atom. The largest absolute Gasteiger partial charge is 0.433 e. The maximum absolute atomic E-state index is 13.5. The number of hydrogen-bond donors (Lipinski definition) is 3. The van der Waals surface area contributed by atoms with E-state index in [1.165, 1.54) is 0 Å². The second kappa shape index (κ2) is 8.66. The summed E-state index contributed by atoms with van der Waals surface area (Å²) >= 11 is 0. The first-order valence-corrected chi connectivity index (χ1v) is 11.4. The molecule has 1 amide bonds. The van der Waals surface area contributed by atoms with Crippen molar-refractivity contribution in [1.29, 1.82) is 0 Å². The molecule has 2 aromatic carbocycles. The van der Waals surface area contributed by atoms with Gasteiger partial charge in [0.05, 0.1) is 5.52 Å². The minimum Gasteiger partial charge on any atom is -0.382 e. The lowest BCUT2D eigenvalue weighted by Crippen LogP contribution is -2.41. The zero-order valence-electron chi connectivity index (χ0n) is 18.7. The molecule has 5 nitrogen and oxygen atoms in total. The number of fused-ring (bicyclic) bond motifs is 2. The molecule has 2 aromatic heterocycles. The van der Waals surface area contributed by atoms with Crippen LogP contribution >= 0.6 is 0 Å². The molecule has 0 radical (unpaired) electrons. The van der Waals surface area contributed by atoms with Crippen LogP contribution < -0.4 is 10.6 Å². The van der Waals surface area contributed by atoms with Gasteiger partial charge in [-0.3, -0.25) is 4.79 Å². The third-order valence-electron chi connectivity index (χ3n) is 6.46. The second-order valence-electron chi connectivity index (χ2n) is 9.00. The third kappa shape index (κ3) is 4.44. The lowest BCUT2D eigenvalue weighted by molar-refractivity contribution is -0.140. The van der Waals surface area contributed by atoms with Gasteiger partial charge in [-0.1, -0.05) is 17.7 Å². The number of halogens is 3. The third-order valence-corrected chi connectivity index (χ3v) is 6.46. The van der Waals surface area contributed by atoms with E-state index in [-0.39, 0.29) is 18.0 Å². The number of pyridine rings is 1. The molecule has 1 fully saturated rings. The summed E-state index contributed by atoms with van der Waals surface area (Å²) in [6.07, 6.45) is 0.417. The molecule has 0 spiro atoms. The van der Waals surface area contributed by atoms with Crippen LogP contribution in [-0.4, -0.2) is 28.0 Å². The molecule has 176 valence electrons. The molecule has 0 aliphatic heterocycles. The van der Waals surface area contributed by atoms with E-state index < -0.39 is 11.9 Å². The SMILES string of the molecule is Cc1ccc2nc(C(F)(F)F)cc(N[C@H]3CCC[C@@H](NC(=O)c4cccc5[nH]ccc45)C3)c2c1. The second-order valence-corrected chi connectivity index (χ2v) is 9.00. The van der Waals surface area contributed by atoms with Crippen LogP contribution in [0.2, 0.25) is 0 Å². The molecule has 4 aromatic rings. The maximum Gasteiger partial charge on any atom is 0.433 e. The lowest BCUT2D eigenvalue weighted by Gasteiger charge is -2.31. The number of hydrogen-bond acceptors (Lipinski definition) is 3. The van der Waals surface area contributed by atoms with E-state index in [9.17, 15) is 18.0 Å². The predicted molar refractivity (Wildman–Crippen MR) is 127 cm³/mol. The molecule has 34 heavy (non-hydrogen) atoms. The van der Waals surface area contributed by atoms with Crippen LogP contribution in [0.1, 0.15) is 47.3 Å². The van der Waals surface area contributed by atoms with E-state index in [0.29, 0.717) is 28.6 Å². The fourth-order valence-corrected chi connectivity index (χ4v) is 4.82. The molecule has 5 rings (SSSR count). The first kappa shape index (κ1) is 22.3. The van der Waals surface area contributed by atoms with Gasteiger partial charge in [0.1, 0.15) is 5.69 Å². The van der Waals surface area contributed by atoms with Crippen LogP contribution in [0.3, 0.4) is 0 Å². The van der Waals surface area contributed by atoms with Gasteiger partial charge in [-0.05, 0) is 69.0 Å². The average Bonchev–Trinajstić information content (AvgIpc) is 3.28. The van der Waals surface area contributed by atoms with Crippen molar-refractivity contribution in [2.24, 2.45) is 0 Å². The highest BCUT2D eigenvalue weighted by Gasteiger charge is 2.34. The van der Waals surface area contributed by atoms with Crippen molar-refractivity contribution in [2.75, 3.05) is 5.32 Å². The summed E-state index contributed by atoms with van der Waals surface area (Å²) in [5, 5.41) is 8.00. The van der Waals surface area contributed by atoms with E-state index in [1.54, 1.807) is 24.4 Å². The summed E-state index contributed by atoms with van der Waals surface area (Å²) in [4.78, 5) is 19.9. The number of alkyl halides is 3. The van der Waals surface area contributed by atoms with Crippen LogP contribution in [0.5, 0.6) is 0 Å². The number of amides is 1. The molecule has 2 atom stereocenters. The molecule has 0 saturated heterocycles. The summed E-state index contributed by atoms with van der Waals surface area (Å²) in [5.41, 5.74) is 2.28. The van der Waals surface area contributed by atoms with Crippen molar-refractivity contribution < 1.29 is 18.0 Å². The van der Waals surface area contributed by atoms with Crippen molar-refractivity contribution in [3.8, 4) is 0 Å². The van der Waals surface area contributed by atoms with E-state index >= 15 is 0 Å². The topological polar surface area (TPSA) is 69.8 Å². The fraction of sp³-hybridized carbons (Fsp3) is 0.308. The van der Waals surface area contributed by atoms with Gasteiger partial charge in [0, 0.05) is 45.8 Å². The Bertz CT molecular complexity index is 1360. The first-order chi connectivity index (χ1) is 16.3. The number of carbonyl (C=O) groups excluding carboxylic acids is 1. The molecule has 1 aliphatic rings. The minimum absolute atomic E-state index is 0.0608. The van der Waals surface area contributed by atoms with Crippen LogP contribution in [-0.2, 0) is 6.18 Å². The number of nitrogens with zero attached hydrogens (tertiary/aromatic N) is 1. The van der Waals surface area contributed by atoms with E-state index in [4.69, 9.17) is 0 Å². The van der Waals surface area contributed by atoms with E-state index in [1.807, 2.05) is 31.2 Å². The van der Waals surface area contributed by atoms with Gasteiger partial charge in [0.25, 0.3) is 5.91 Å². The summed E-state index contributed by atoms with van der Waals surface area (Å²) in [5.74, 6) is -0.139. The average molecular weight is 467 g/mol. The molecule has 3 N–H and O–H groups in total. The fourth-order valence-electron chi connectivity index (χ4n) is 4.82. The Morgan fingerprint density at radius 1 is 1.06 bits per heavy atom. The number of benzene rings is 2. The highest BCUT2D eigenvalue weighted by atomic mass is 19.4. The highest BCUT2D eigenvalue weighted by molar-refractivity contribution is 6.06. The Hall–Kier alpha value is -3.55. The monoisotopic (exact) mass is 466 g/mol. The molecule has 0 unspecified atom stereocenters. The normalized spacial score (nSPS) is 18.8. The quantitative estimate of drug-likeness (QED) is 0.336. The number of H-pyrrole nitrogens is 1. The Balaban J connectivity index is 1.36. The van der Waals surface area contributed by atoms with E-state index in [0.717, 1.165) is 41.8 Å². The molecular formula is C26H25F3N4O. The van der Waals surface area contributed by atoms with Gasteiger partial charge in [-0.25, -0.2) is 4.98 Å². The zero-order valence-corrected chi connectivity index (χ0v) is 18.7. The predicted octanol–water partition coefficient (Wildman–Crippen LogP) is 6.20. The van der Waals surface area contributed by atoms with Gasteiger partial charge >= 0.3 is 6.18 Å².